The molecule has 4 heteroatoms. The second-order valence-electron chi connectivity index (χ2n) is 7.38. The summed E-state index contributed by atoms with van der Waals surface area (Å²) >= 11 is 0. The molecular formula is C20H28N2O2. The molecule has 0 fully saturated rings. The van der Waals surface area contributed by atoms with Gasteiger partial charge in [0.05, 0.1) is 13.2 Å². The predicted molar refractivity (Wildman–Crippen MR) is 99.3 cm³/mol. The third kappa shape index (κ3) is 4.71. The van der Waals surface area contributed by atoms with Crippen molar-refractivity contribution in [3.63, 3.8) is 0 Å². The van der Waals surface area contributed by atoms with Crippen LogP contribution in [-0.4, -0.2) is 36.5 Å². The van der Waals surface area contributed by atoms with Crippen LogP contribution in [0, 0.1) is 0 Å². The average molecular weight is 328 g/mol. The molecule has 4 nitrogen and oxygen atoms in total. The van der Waals surface area contributed by atoms with Crippen molar-refractivity contribution in [3.8, 4) is 5.75 Å². The second-order valence-corrected chi connectivity index (χ2v) is 7.38. The number of fused-ring (bicyclic) bond motifs is 1. The molecule has 0 aliphatic heterocycles. The number of methoxy groups -OCH3 is 1. The lowest BCUT2D eigenvalue weighted by atomic mass is 10.1. The van der Waals surface area contributed by atoms with Crippen LogP contribution < -0.4 is 10.1 Å². The highest BCUT2D eigenvalue weighted by Crippen LogP contribution is 2.22. The molecule has 130 valence electrons. The zero-order valence-corrected chi connectivity index (χ0v) is 15.5. The van der Waals surface area contributed by atoms with Gasteiger partial charge in [-0.2, -0.15) is 0 Å². The molecule has 2 aromatic rings. The van der Waals surface area contributed by atoms with E-state index in [1.807, 2.05) is 46.9 Å². The number of carbonyl (C=O) groups excluding carboxylic acids is 1. The van der Waals surface area contributed by atoms with Crippen molar-refractivity contribution in [1.29, 1.82) is 0 Å². The Labute approximate surface area is 144 Å². The summed E-state index contributed by atoms with van der Waals surface area (Å²) in [5.41, 5.74) is 0.972. The molecule has 24 heavy (non-hydrogen) atoms. The molecule has 1 unspecified atom stereocenters. The Balaban J connectivity index is 2.09. The van der Waals surface area contributed by atoms with Gasteiger partial charge >= 0.3 is 0 Å². The maximum Gasteiger partial charge on any atom is 0.237 e. The fourth-order valence-corrected chi connectivity index (χ4v) is 2.60. The Bertz CT molecular complexity index is 719. The molecule has 1 amide bonds. The molecule has 0 radical (unpaired) electrons. The fraction of sp³-hybridized carbons (Fsp3) is 0.450. The summed E-state index contributed by atoms with van der Waals surface area (Å²) in [6.07, 6.45) is 0. The van der Waals surface area contributed by atoms with Gasteiger partial charge in [-0.25, -0.2) is 0 Å². The Morgan fingerprint density at radius 1 is 1.17 bits per heavy atom. The number of carbonyl (C=O) groups is 1. The fourth-order valence-electron chi connectivity index (χ4n) is 2.60. The van der Waals surface area contributed by atoms with Crippen molar-refractivity contribution in [2.75, 3.05) is 14.2 Å². The van der Waals surface area contributed by atoms with E-state index in [1.54, 1.807) is 7.11 Å². The Morgan fingerprint density at radius 2 is 1.79 bits per heavy atom. The standard InChI is InChI=1S/C20H28N2O2/c1-14(19(23)21-20(2,3)4)22(5)13-15-7-8-17-12-18(24-6)10-9-16(17)11-15/h7-12,14H,13H2,1-6H3,(H,21,23). The van der Waals surface area contributed by atoms with Gasteiger partial charge in [-0.05, 0) is 69.3 Å². The van der Waals surface area contributed by atoms with Crippen molar-refractivity contribution in [2.45, 2.75) is 45.8 Å². The van der Waals surface area contributed by atoms with Gasteiger partial charge in [-0.3, -0.25) is 9.69 Å². The van der Waals surface area contributed by atoms with Crippen molar-refractivity contribution in [3.05, 3.63) is 42.0 Å². The summed E-state index contributed by atoms with van der Waals surface area (Å²) < 4.78 is 5.26. The smallest absolute Gasteiger partial charge is 0.237 e. The van der Waals surface area contributed by atoms with Gasteiger partial charge in [-0.15, -0.1) is 0 Å². The van der Waals surface area contributed by atoms with Crippen LogP contribution in [0.3, 0.4) is 0 Å². The largest absolute Gasteiger partial charge is 0.497 e. The molecule has 0 saturated carbocycles. The molecule has 0 heterocycles. The molecule has 0 bridgehead atoms. The van der Waals surface area contributed by atoms with Gasteiger partial charge in [0.15, 0.2) is 0 Å². The Morgan fingerprint density at radius 3 is 2.42 bits per heavy atom. The summed E-state index contributed by atoms with van der Waals surface area (Å²) in [6.45, 7) is 8.65. The zero-order valence-electron chi connectivity index (χ0n) is 15.5. The number of hydrogen-bond acceptors (Lipinski definition) is 3. The first-order valence-electron chi connectivity index (χ1n) is 8.28. The van der Waals surface area contributed by atoms with E-state index in [4.69, 9.17) is 4.74 Å². The lowest BCUT2D eigenvalue weighted by molar-refractivity contribution is -0.127. The number of ether oxygens (including phenoxy) is 1. The first-order chi connectivity index (χ1) is 11.2. The SMILES string of the molecule is COc1ccc2cc(CN(C)C(C)C(=O)NC(C)(C)C)ccc2c1. The van der Waals surface area contributed by atoms with E-state index in [1.165, 1.54) is 10.9 Å². The number of rotatable bonds is 5. The van der Waals surface area contributed by atoms with E-state index in [9.17, 15) is 4.79 Å². The maximum atomic E-state index is 12.3. The van der Waals surface area contributed by atoms with E-state index >= 15 is 0 Å². The average Bonchev–Trinajstić information content (AvgIpc) is 2.51. The molecule has 0 aliphatic rings. The van der Waals surface area contributed by atoms with Gasteiger partial charge in [0, 0.05) is 12.1 Å². The van der Waals surface area contributed by atoms with Crippen LogP contribution in [0.5, 0.6) is 5.75 Å². The zero-order chi connectivity index (χ0) is 17.9. The van der Waals surface area contributed by atoms with Crippen molar-refractivity contribution in [1.82, 2.24) is 10.2 Å². The van der Waals surface area contributed by atoms with Crippen molar-refractivity contribution >= 4 is 16.7 Å². The monoisotopic (exact) mass is 328 g/mol. The minimum atomic E-state index is -0.214. The molecular weight excluding hydrogens is 300 g/mol. The van der Waals surface area contributed by atoms with Gasteiger partial charge in [0.25, 0.3) is 0 Å². The third-order valence-electron chi connectivity index (χ3n) is 4.08. The minimum absolute atomic E-state index is 0.0514. The van der Waals surface area contributed by atoms with Crippen LogP contribution in [0.2, 0.25) is 0 Å². The highest BCUT2D eigenvalue weighted by molar-refractivity contribution is 5.84. The first kappa shape index (κ1) is 18.3. The van der Waals surface area contributed by atoms with Crippen molar-refractivity contribution in [2.24, 2.45) is 0 Å². The van der Waals surface area contributed by atoms with Crippen LogP contribution in [0.25, 0.3) is 10.8 Å². The van der Waals surface area contributed by atoms with Crippen LogP contribution in [0.4, 0.5) is 0 Å². The lowest BCUT2D eigenvalue weighted by Gasteiger charge is -2.28. The molecule has 0 spiro atoms. The Hall–Kier alpha value is -2.07. The summed E-state index contributed by atoms with van der Waals surface area (Å²) in [7, 11) is 3.65. The topological polar surface area (TPSA) is 41.6 Å². The third-order valence-corrected chi connectivity index (χ3v) is 4.08. The van der Waals surface area contributed by atoms with Crippen LogP contribution >= 0.6 is 0 Å². The van der Waals surface area contributed by atoms with Crippen molar-refractivity contribution < 1.29 is 9.53 Å². The van der Waals surface area contributed by atoms with E-state index < -0.39 is 0 Å². The molecule has 0 aliphatic carbocycles. The van der Waals surface area contributed by atoms with Gasteiger partial charge in [0.1, 0.15) is 5.75 Å². The summed E-state index contributed by atoms with van der Waals surface area (Å²) in [4.78, 5) is 14.4. The van der Waals surface area contributed by atoms with E-state index in [0.717, 1.165) is 17.7 Å². The van der Waals surface area contributed by atoms with Gasteiger partial charge in [0.2, 0.25) is 5.91 Å². The number of nitrogens with zero attached hydrogens (tertiary/aromatic N) is 1. The second kappa shape index (κ2) is 7.22. The number of likely N-dealkylation sites (N-methyl/N-ethyl adjacent to an activating group) is 1. The minimum Gasteiger partial charge on any atom is -0.497 e. The van der Waals surface area contributed by atoms with Crippen LogP contribution in [0.1, 0.15) is 33.3 Å². The number of benzene rings is 2. The van der Waals surface area contributed by atoms with E-state index in [-0.39, 0.29) is 17.5 Å². The van der Waals surface area contributed by atoms with Gasteiger partial charge < -0.3 is 10.1 Å². The van der Waals surface area contributed by atoms with E-state index in [0.29, 0.717) is 0 Å². The first-order valence-corrected chi connectivity index (χ1v) is 8.28. The predicted octanol–water partition coefficient (Wildman–Crippen LogP) is 3.58. The molecule has 2 rings (SSSR count). The molecule has 1 N–H and O–H groups in total. The molecule has 2 aromatic carbocycles. The van der Waals surface area contributed by atoms with Crippen LogP contribution in [0.15, 0.2) is 36.4 Å². The van der Waals surface area contributed by atoms with Crippen LogP contribution in [-0.2, 0) is 11.3 Å². The quantitative estimate of drug-likeness (QED) is 0.912. The highest BCUT2D eigenvalue weighted by atomic mass is 16.5. The highest BCUT2D eigenvalue weighted by Gasteiger charge is 2.22. The maximum absolute atomic E-state index is 12.3. The normalized spacial score (nSPS) is 13.1. The summed E-state index contributed by atoms with van der Waals surface area (Å²) in [5, 5.41) is 5.36. The Kier molecular flexibility index (Phi) is 5.50. The summed E-state index contributed by atoms with van der Waals surface area (Å²) in [6, 6.07) is 12.2. The number of hydrogen-bond donors (Lipinski definition) is 1. The van der Waals surface area contributed by atoms with E-state index in [2.05, 4.69) is 34.5 Å². The number of nitrogens with one attached hydrogen (secondary N) is 1. The molecule has 0 saturated heterocycles. The molecule has 1 atom stereocenters. The molecule has 0 aromatic heterocycles. The number of amides is 1. The lowest BCUT2D eigenvalue weighted by Crippen LogP contribution is -2.49. The summed E-state index contributed by atoms with van der Waals surface area (Å²) in [5.74, 6) is 0.912. The van der Waals surface area contributed by atoms with Gasteiger partial charge in [-0.1, -0.05) is 18.2 Å².